The highest BCUT2D eigenvalue weighted by Crippen LogP contribution is 2.24. The average Bonchev–Trinajstić information content (AvgIpc) is 2.73. The van der Waals surface area contributed by atoms with E-state index in [1.54, 1.807) is 18.2 Å². The van der Waals surface area contributed by atoms with Crippen LogP contribution in [0.1, 0.15) is 28.4 Å². The lowest BCUT2D eigenvalue weighted by atomic mass is 10.1. The van der Waals surface area contributed by atoms with E-state index in [1.165, 1.54) is 18.2 Å². The molecule has 0 fully saturated rings. The van der Waals surface area contributed by atoms with Crippen LogP contribution in [0.2, 0.25) is 5.02 Å². The lowest BCUT2D eigenvalue weighted by Gasteiger charge is -2.13. The molecule has 3 aromatic rings. The number of rotatable bonds is 8. The maximum Gasteiger partial charge on any atom is 0.255 e. The van der Waals surface area contributed by atoms with Gasteiger partial charge in [-0.1, -0.05) is 41.9 Å². The Morgan fingerprint density at radius 2 is 1.83 bits per heavy atom. The molecule has 1 amide bonds. The highest BCUT2D eigenvalue weighted by molar-refractivity contribution is 6.31. The normalized spacial score (nSPS) is 10.6. The first kappa shape index (κ1) is 20.8. The molecule has 0 saturated heterocycles. The van der Waals surface area contributed by atoms with Crippen LogP contribution < -0.4 is 10.1 Å². The summed E-state index contributed by atoms with van der Waals surface area (Å²) in [5.74, 6) is -0.203. The number of hydrogen-bond donors (Lipinski definition) is 1. The Morgan fingerprint density at radius 1 is 1.03 bits per heavy atom. The quantitative estimate of drug-likeness (QED) is 0.504. The van der Waals surface area contributed by atoms with Crippen molar-refractivity contribution < 1.29 is 18.7 Å². The van der Waals surface area contributed by atoms with Gasteiger partial charge in [0.05, 0.1) is 24.8 Å². The number of carbonyl (C=O) groups is 1. The van der Waals surface area contributed by atoms with Gasteiger partial charge in [-0.25, -0.2) is 4.39 Å². The van der Waals surface area contributed by atoms with Crippen molar-refractivity contribution in [1.29, 1.82) is 0 Å². The van der Waals surface area contributed by atoms with Crippen LogP contribution in [0.25, 0.3) is 0 Å². The smallest absolute Gasteiger partial charge is 0.255 e. The highest BCUT2D eigenvalue weighted by atomic mass is 35.5. The minimum Gasteiger partial charge on any atom is -0.494 e. The van der Waals surface area contributed by atoms with Crippen molar-refractivity contribution in [2.75, 3.05) is 11.9 Å². The number of carbonyl (C=O) groups excluding carboxylic acids is 1. The first-order valence-corrected chi connectivity index (χ1v) is 9.58. The molecule has 0 spiro atoms. The molecule has 0 aliphatic heterocycles. The molecule has 6 heteroatoms. The fraction of sp³-hybridized carbons (Fsp3) is 0.174. The van der Waals surface area contributed by atoms with E-state index in [1.807, 2.05) is 37.3 Å². The molecule has 0 atom stereocenters. The van der Waals surface area contributed by atoms with Crippen LogP contribution in [-0.2, 0) is 18.0 Å². The number of nitrogens with one attached hydrogen (secondary N) is 1. The fourth-order valence-corrected chi connectivity index (χ4v) is 2.94. The Hall–Kier alpha value is -2.89. The topological polar surface area (TPSA) is 47.6 Å². The van der Waals surface area contributed by atoms with Crippen LogP contribution in [0.3, 0.4) is 0 Å². The van der Waals surface area contributed by atoms with Crippen LogP contribution >= 0.6 is 11.6 Å². The molecular weight excluding hydrogens is 393 g/mol. The molecule has 0 bridgehead atoms. The molecule has 1 N–H and O–H groups in total. The fourth-order valence-electron chi connectivity index (χ4n) is 2.76. The second-order valence-electron chi connectivity index (χ2n) is 6.32. The summed E-state index contributed by atoms with van der Waals surface area (Å²) in [5.41, 5.74) is 2.68. The molecule has 0 aliphatic carbocycles. The minimum absolute atomic E-state index is 0.0514. The van der Waals surface area contributed by atoms with Crippen molar-refractivity contribution in [3.05, 3.63) is 94.3 Å². The van der Waals surface area contributed by atoms with Crippen LogP contribution in [0.4, 0.5) is 10.1 Å². The van der Waals surface area contributed by atoms with Gasteiger partial charge in [0.25, 0.3) is 5.91 Å². The zero-order chi connectivity index (χ0) is 20.6. The SMILES string of the molecule is CCOc1ccc(C(=O)Nc2ccc(F)c(Cl)c2)cc1COCc1ccccc1. The van der Waals surface area contributed by atoms with Gasteiger partial charge in [0, 0.05) is 16.8 Å². The van der Waals surface area contributed by atoms with E-state index in [4.69, 9.17) is 21.1 Å². The van der Waals surface area contributed by atoms with E-state index in [9.17, 15) is 9.18 Å². The zero-order valence-corrected chi connectivity index (χ0v) is 16.7. The summed E-state index contributed by atoms with van der Waals surface area (Å²) in [6.45, 7) is 3.16. The summed E-state index contributed by atoms with van der Waals surface area (Å²) in [7, 11) is 0. The van der Waals surface area contributed by atoms with Crippen molar-refractivity contribution in [2.24, 2.45) is 0 Å². The van der Waals surface area contributed by atoms with E-state index >= 15 is 0 Å². The Bertz CT molecular complexity index is 979. The maximum atomic E-state index is 13.3. The average molecular weight is 414 g/mol. The molecule has 0 radical (unpaired) electrons. The zero-order valence-electron chi connectivity index (χ0n) is 16.0. The first-order valence-electron chi connectivity index (χ1n) is 9.20. The summed E-state index contributed by atoms with van der Waals surface area (Å²) in [5, 5.41) is 2.66. The second kappa shape index (κ2) is 10.0. The van der Waals surface area contributed by atoms with Gasteiger partial charge in [0.2, 0.25) is 0 Å². The second-order valence-corrected chi connectivity index (χ2v) is 6.72. The van der Waals surface area contributed by atoms with Gasteiger partial charge in [-0.05, 0) is 48.9 Å². The maximum absolute atomic E-state index is 13.3. The molecular formula is C23H21ClFNO3. The van der Waals surface area contributed by atoms with E-state index in [-0.39, 0.29) is 10.9 Å². The van der Waals surface area contributed by atoms with Crippen molar-refractivity contribution in [1.82, 2.24) is 0 Å². The third-order valence-electron chi connectivity index (χ3n) is 4.17. The third kappa shape index (κ3) is 5.79. The molecule has 4 nitrogen and oxygen atoms in total. The number of amides is 1. The first-order chi connectivity index (χ1) is 14.1. The number of hydrogen-bond acceptors (Lipinski definition) is 3. The van der Waals surface area contributed by atoms with Crippen LogP contribution in [0.5, 0.6) is 5.75 Å². The van der Waals surface area contributed by atoms with Gasteiger partial charge in [-0.2, -0.15) is 0 Å². The molecule has 0 aromatic heterocycles. The van der Waals surface area contributed by atoms with E-state index < -0.39 is 5.82 Å². The lowest BCUT2D eigenvalue weighted by Crippen LogP contribution is -2.13. The number of benzene rings is 3. The Morgan fingerprint density at radius 3 is 2.55 bits per heavy atom. The predicted octanol–water partition coefficient (Wildman–Crippen LogP) is 5.85. The summed E-state index contributed by atoms with van der Waals surface area (Å²) >= 11 is 5.77. The Balaban J connectivity index is 1.72. The predicted molar refractivity (Wildman–Crippen MR) is 112 cm³/mol. The van der Waals surface area contributed by atoms with Gasteiger partial charge in [0.1, 0.15) is 11.6 Å². The third-order valence-corrected chi connectivity index (χ3v) is 4.46. The molecule has 150 valence electrons. The Labute approximate surface area is 174 Å². The van der Waals surface area contributed by atoms with Gasteiger partial charge in [-0.15, -0.1) is 0 Å². The monoisotopic (exact) mass is 413 g/mol. The van der Waals surface area contributed by atoms with Gasteiger partial charge < -0.3 is 14.8 Å². The summed E-state index contributed by atoms with van der Waals surface area (Å²) < 4.78 is 24.8. The van der Waals surface area contributed by atoms with Crippen molar-refractivity contribution in [3.63, 3.8) is 0 Å². The minimum atomic E-state index is -0.538. The van der Waals surface area contributed by atoms with Gasteiger partial charge >= 0.3 is 0 Å². The van der Waals surface area contributed by atoms with Crippen molar-refractivity contribution >= 4 is 23.2 Å². The number of halogens is 2. The standard InChI is InChI=1S/C23H21ClFNO3/c1-2-29-22-11-8-17(23(27)26-19-9-10-21(25)20(24)13-19)12-18(22)15-28-14-16-6-4-3-5-7-16/h3-13H,2,14-15H2,1H3,(H,26,27). The van der Waals surface area contributed by atoms with E-state index in [2.05, 4.69) is 5.32 Å². The van der Waals surface area contributed by atoms with Crippen LogP contribution in [0, 0.1) is 5.82 Å². The molecule has 0 aliphatic rings. The summed E-state index contributed by atoms with van der Waals surface area (Å²) in [6.07, 6.45) is 0. The molecule has 0 saturated carbocycles. The van der Waals surface area contributed by atoms with E-state index in [0.29, 0.717) is 36.8 Å². The molecule has 3 rings (SSSR count). The van der Waals surface area contributed by atoms with Crippen LogP contribution in [0.15, 0.2) is 66.7 Å². The summed E-state index contributed by atoms with van der Waals surface area (Å²) in [6, 6.07) is 19.0. The number of ether oxygens (including phenoxy) is 2. The van der Waals surface area contributed by atoms with Crippen LogP contribution in [-0.4, -0.2) is 12.5 Å². The summed E-state index contributed by atoms with van der Waals surface area (Å²) in [4.78, 5) is 12.6. The van der Waals surface area contributed by atoms with Gasteiger partial charge in [0.15, 0.2) is 0 Å². The molecule has 0 heterocycles. The van der Waals surface area contributed by atoms with Crippen molar-refractivity contribution in [2.45, 2.75) is 20.1 Å². The Kier molecular flexibility index (Phi) is 7.22. The molecule has 3 aromatic carbocycles. The van der Waals surface area contributed by atoms with Crippen molar-refractivity contribution in [3.8, 4) is 5.75 Å². The highest BCUT2D eigenvalue weighted by Gasteiger charge is 2.12. The molecule has 0 unspecified atom stereocenters. The lowest BCUT2D eigenvalue weighted by molar-refractivity contribution is 0.101. The molecule has 29 heavy (non-hydrogen) atoms. The number of anilines is 1. The largest absolute Gasteiger partial charge is 0.494 e. The van der Waals surface area contributed by atoms with E-state index in [0.717, 1.165) is 11.1 Å². The van der Waals surface area contributed by atoms with Gasteiger partial charge in [-0.3, -0.25) is 4.79 Å².